The van der Waals surface area contributed by atoms with E-state index < -0.39 is 0 Å². The molecule has 1 heterocycles. The quantitative estimate of drug-likeness (QED) is 0.708. The number of ether oxygens (including phenoxy) is 1. The molecule has 0 aliphatic heterocycles. The largest absolute Gasteiger partial charge is 0.475 e. The summed E-state index contributed by atoms with van der Waals surface area (Å²) in [6, 6.07) is 7.15. The molecule has 0 bridgehead atoms. The zero-order valence-corrected chi connectivity index (χ0v) is 7.82. The van der Waals surface area contributed by atoms with Crippen molar-refractivity contribution in [3.05, 3.63) is 23.9 Å². The van der Waals surface area contributed by atoms with E-state index in [2.05, 4.69) is 4.98 Å². The first-order valence-corrected chi connectivity index (χ1v) is 4.30. The van der Waals surface area contributed by atoms with Gasteiger partial charge in [-0.25, -0.2) is 4.98 Å². The van der Waals surface area contributed by atoms with Crippen molar-refractivity contribution in [2.75, 3.05) is 0 Å². The molecule has 0 saturated heterocycles. The second-order valence-corrected chi connectivity index (χ2v) is 2.81. The van der Waals surface area contributed by atoms with Crippen molar-refractivity contribution in [1.29, 1.82) is 5.26 Å². The third-order valence-electron chi connectivity index (χ3n) is 1.73. The van der Waals surface area contributed by atoms with Crippen LogP contribution in [0.4, 0.5) is 0 Å². The summed E-state index contributed by atoms with van der Waals surface area (Å²) in [5, 5.41) is 8.59. The molecule has 3 nitrogen and oxygen atoms in total. The number of rotatable bonds is 3. The summed E-state index contributed by atoms with van der Waals surface area (Å²) in [5.74, 6) is 0.522. The van der Waals surface area contributed by atoms with Crippen LogP contribution in [0.1, 0.15) is 26.0 Å². The van der Waals surface area contributed by atoms with Gasteiger partial charge in [-0.1, -0.05) is 13.0 Å². The monoisotopic (exact) mass is 176 g/mol. The molecule has 68 valence electrons. The van der Waals surface area contributed by atoms with E-state index in [9.17, 15) is 0 Å². The molecule has 0 radical (unpaired) electrons. The van der Waals surface area contributed by atoms with Gasteiger partial charge in [-0.3, -0.25) is 0 Å². The molecule has 0 aliphatic rings. The minimum absolute atomic E-state index is 0.140. The SMILES string of the molecule is CCC(C)Oc1cccc(C#N)n1. The number of hydrogen-bond acceptors (Lipinski definition) is 3. The third-order valence-corrected chi connectivity index (χ3v) is 1.73. The molecule has 1 aromatic rings. The molecular formula is C10H12N2O. The van der Waals surface area contributed by atoms with Crippen LogP contribution < -0.4 is 4.74 Å². The molecule has 0 N–H and O–H groups in total. The zero-order valence-electron chi connectivity index (χ0n) is 7.82. The standard InChI is InChI=1S/C10H12N2O/c1-3-8(2)13-10-6-4-5-9(7-11)12-10/h4-6,8H,3H2,1-2H3. The Labute approximate surface area is 78.0 Å². The van der Waals surface area contributed by atoms with Gasteiger partial charge in [-0.15, -0.1) is 0 Å². The van der Waals surface area contributed by atoms with Crippen LogP contribution in [0.5, 0.6) is 5.88 Å². The van der Waals surface area contributed by atoms with Crippen molar-refractivity contribution in [1.82, 2.24) is 4.98 Å². The van der Waals surface area contributed by atoms with Crippen molar-refractivity contribution in [3.8, 4) is 11.9 Å². The van der Waals surface area contributed by atoms with E-state index in [0.29, 0.717) is 11.6 Å². The average molecular weight is 176 g/mol. The van der Waals surface area contributed by atoms with Gasteiger partial charge in [0.1, 0.15) is 11.8 Å². The second kappa shape index (κ2) is 4.46. The number of hydrogen-bond donors (Lipinski definition) is 0. The fourth-order valence-corrected chi connectivity index (χ4v) is 0.832. The molecule has 0 spiro atoms. The molecule has 1 atom stereocenters. The topological polar surface area (TPSA) is 45.9 Å². The Morgan fingerprint density at radius 3 is 3.00 bits per heavy atom. The first-order chi connectivity index (χ1) is 6.26. The maximum absolute atomic E-state index is 8.59. The van der Waals surface area contributed by atoms with E-state index in [-0.39, 0.29) is 6.10 Å². The Bertz CT molecular complexity index is 317. The molecule has 1 unspecified atom stereocenters. The first-order valence-electron chi connectivity index (χ1n) is 4.30. The Kier molecular flexibility index (Phi) is 3.27. The zero-order chi connectivity index (χ0) is 9.68. The molecule has 0 aliphatic carbocycles. The lowest BCUT2D eigenvalue weighted by molar-refractivity contribution is 0.208. The van der Waals surface area contributed by atoms with Crippen molar-refractivity contribution in [3.63, 3.8) is 0 Å². The lowest BCUT2D eigenvalue weighted by atomic mass is 10.3. The molecule has 0 fully saturated rings. The number of aromatic nitrogens is 1. The lowest BCUT2D eigenvalue weighted by Crippen LogP contribution is -2.10. The van der Waals surface area contributed by atoms with E-state index in [4.69, 9.17) is 10.00 Å². The highest BCUT2D eigenvalue weighted by atomic mass is 16.5. The maximum atomic E-state index is 8.59. The van der Waals surface area contributed by atoms with E-state index in [1.807, 2.05) is 19.9 Å². The minimum Gasteiger partial charge on any atom is -0.475 e. The summed E-state index contributed by atoms with van der Waals surface area (Å²) in [4.78, 5) is 4.00. The summed E-state index contributed by atoms with van der Waals surface area (Å²) < 4.78 is 5.44. The first kappa shape index (κ1) is 9.53. The highest BCUT2D eigenvalue weighted by molar-refractivity contribution is 5.24. The van der Waals surface area contributed by atoms with E-state index in [0.717, 1.165) is 6.42 Å². The highest BCUT2D eigenvalue weighted by Crippen LogP contribution is 2.10. The van der Waals surface area contributed by atoms with Crippen LogP contribution in [0.25, 0.3) is 0 Å². The maximum Gasteiger partial charge on any atom is 0.214 e. The minimum atomic E-state index is 0.140. The number of nitriles is 1. The Hall–Kier alpha value is -1.56. The van der Waals surface area contributed by atoms with Crippen LogP contribution in [0, 0.1) is 11.3 Å². The molecule has 0 saturated carbocycles. The van der Waals surface area contributed by atoms with E-state index in [1.165, 1.54) is 0 Å². The Balaban J connectivity index is 2.73. The Morgan fingerprint density at radius 1 is 1.62 bits per heavy atom. The summed E-state index contributed by atoms with van der Waals surface area (Å²) in [5.41, 5.74) is 0.390. The number of nitrogens with zero attached hydrogens (tertiary/aromatic N) is 2. The third kappa shape index (κ3) is 2.75. The smallest absolute Gasteiger partial charge is 0.214 e. The van der Waals surface area contributed by atoms with Crippen LogP contribution >= 0.6 is 0 Å². The molecular weight excluding hydrogens is 164 g/mol. The van der Waals surface area contributed by atoms with Gasteiger partial charge in [0.2, 0.25) is 5.88 Å². The summed E-state index contributed by atoms with van der Waals surface area (Å²) in [6.45, 7) is 4.01. The van der Waals surface area contributed by atoms with Gasteiger partial charge in [0.25, 0.3) is 0 Å². The Morgan fingerprint density at radius 2 is 2.38 bits per heavy atom. The fourth-order valence-electron chi connectivity index (χ4n) is 0.832. The van der Waals surface area contributed by atoms with Gasteiger partial charge in [-0.2, -0.15) is 5.26 Å². The van der Waals surface area contributed by atoms with Crippen molar-refractivity contribution >= 4 is 0 Å². The fraction of sp³-hybridized carbons (Fsp3) is 0.400. The van der Waals surface area contributed by atoms with Crippen LogP contribution in [-0.4, -0.2) is 11.1 Å². The predicted octanol–water partition coefficient (Wildman–Crippen LogP) is 2.13. The van der Waals surface area contributed by atoms with Gasteiger partial charge in [0, 0.05) is 6.07 Å². The highest BCUT2D eigenvalue weighted by Gasteiger charge is 2.02. The lowest BCUT2D eigenvalue weighted by Gasteiger charge is -2.10. The van der Waals surface area contributed by atoms with Crippen LogP contribution in [0.15, 0.2) is 18.2 Å². The van der Waals surface area contributed by atoms with Gasteiger partial charge >= 0.3 is 0 Å². The van der Waals surface area contributed by atoms with Gasteiger partial charge < -0.3 is 4.74 Å². The molecule has 1 aromatic heterocycles. The van der Waals surface area contributed by atoms with Gasteiger partial charge in [0.15, 0.2) is 0 Å². The van der Waals surface area contributed by atoms with E-state index >= 15 is 0 Å². The van der Waals surface area contributed by atoms with Crippen molar-refractivity contribution in [2.45, 2.75) is 26.4 Å². The second-order valence-electron chi connectivity index (χ2n) is 2.81. The summed E-state index contributed by atoms with van der Waals surface area (Å²) in [6.07, 6.45) is 1.07. The van der Waals surface area contributed by atoms with Crippen molar-refractivity contribution < 1.29 is 4.74 Å². The molecule has 0 amide bonds. The van der Waals surface area contributed by atoms with Crippen LogP contribution in [0.3, 0.4) is 0 Å². The van der Waals surface area contributed by atoms with Crippen LogP contribution in [-0.2, 0) is 0 Å². The summed E-state index contributed by atoms with van der Waals surface area (Å²) >= 11 is 0. The normalized spacial score (nSPS) is 11.8. The molecule has 13 heavy (non-hydrogen) atoms. The summed E-state index contributed by atoms with van der Waals surface area (Å²) in [7, 11) is 0. The van der Waals surface area contributed by atoms with Gasteiger partial charge in [0.05, 0.1) is 6.10 Å². The predicted molar refractivity (Wildman–Crippen MR) is 49.3 cm³/mol. The van der Waals surface area contributed by atoms with Gasteiger partial charge in [-0.05, 0) is 19.4 Å². The number of pyridine rings is 1. The molecule has 1 rings (SSSR count). The molecule has 0 aromatic carbocycles. The van der Waals surface area contributed by atoms with Crippen molar-refractivity contribution in [2.24, 2.45) is 0 Å². The van der Waals surface area contributed by atoms with Crippen LogP contribution in [0.2, 0.25) is 0 Å². The van der Waals surface area contributed by atoms with E-state index in [1.54, 1.807) is 18.2 Å². The average Bonchev–Trinajstić information content (AvgIpc) is 2.18. The molecule has 3 heteroatoms.